The summed E-state index contributed by atoms with van der Waals surface area (Å²) in [6.07, 6.45) is 22.3. The number of carbonyl (C=O) groups is 2. The summed E-state index contributed by atoms with van der Waals surface area (Å²) in [7, 11) is 0. The van der Waals surface area contributed by atoms with Gasteiger partial charge in [0.1, 0.15) is 6.61 Å². The Hall–Kier alpha value is -1.32. The van der Waals surface area contributed by atoms with Crippen LogP contribution in [-0.2, 0) is 19.1 Å². The molecule has 0 aromatic rings. The van der Waals surface area contributed by atoms with E-state index >= 15 is 0 Å². The Morgan fingerprint density at radius 1 is 0.630 bits per heavy atom. The summed E-state index contributed by atoms with van der Waals surface area (Å²) in [5, 5.41) is 0. The molecule has 0 aromatic carbocycles. The summed E-state index contributed by atoms with van der Waals surface area (Å²) >= 11 is 0. The number of esters is 2. The first-order valence-electron chi connectivity index (χ1n) is 11.2. The van der Waals surface area contributed by atoms with Crippen LogP contribution in [0.3, 0.4) is 0 Å². The molecule has 0 fully saturated rings. The molecular weight excluding hydrogens is 340 g/mol. The first-order chi connectivity index (χ1) is 13.2. The van der Waals surface area contributed by atoms with Gasteiger partial charge in [-0.25, -0.2) is 9.59 Å². The SMILES string of the molecule is C=CCOC(=O)C(=O)OCCCCCCCCCCCCCCCCCC. The highest BCUT2D eigenvalue weighted by Gasteiger charge is 2.15. The van der Waals surface area contributed by atoms with Crippen LogP contribution >= 0.6 is 0 Å². The van der Waals surface area contributed by atoms with Crippen LogP contribution in [0.5, 0.6) is 0 Å². The van der Waals surface area contributed by atoms with Crippen LogP contribution in [0, 0.1) is 0 Å². The van der Waals surface area contributed by atoms with Crippen molar-refractivity contribution in [3.8, 4) is 0 Å². The van der Waals surface area contributed by atoms with Crippen molar-refractivity contribution in [3.63, 3.8) is 0 Å². The molecule has 0 amide bonds. The second-order valence-corrected chi connectivity index (χ2v) is 7.33. The van der Waals surface area contributed by atoms with E-state index in [1.54, 1.807) is 0 Å². The molecule has 0 radical (unpaired) electrons. The van der Waals surface area contributed by atoms with E-state index in [0.717, 1.165) is 19.3 Å². The molecule has 0 bridgehead atoms. The van der Waals surface area contributed by atoms with Gasteiger partial charge >= 0.3 is 11.9 Å². The van der Waals surface area contributed by atoms with Gasteiger partial charge in [-0.1, -0.05) is 116 Å². The van der Waals surface area contributed by atoms with Gasteiger partial charge in [-0.15, -0.1) is 0 Å². The minimum atomic E-state index is -0.939. The van der Waals surface area contributed by atoms with Crippen LogP contribution in [0.2, 0.25) is 0 Å². The smallest absolute Gasteiger partial charge is 0.417 e. The number of hydrogen-bond acceptors (Lipinski definition) is 4. The summed E-state index contributed by atoms with van der Waals surface area (Å²) in [4.78, 5) is 22.4. The lowest BCUT2D eigenvalue weighted by atomic mass is 10.0. The molecule has 0 aromatic heterocycles. The fourth-order valence-electron chi connectivity index (χ4n) is 3.07. The molecule has 0 spiro atoms. The second kappa shape index (κ2) is 21.0. The van der Waals surface area contributed by atoms with Crippen LogP contribution < -0.4 is 0 Å². The van der Waals surface area contributed by atoms with E-state index in [9.17, 15) is 9.59 Å². The highest BCUT2D eigenvalue weighted by Crippen LogP contribution is 2.13. The molecule has 0 aliphatic heterocycles. The van der Waals surface area contributed by atoms with Crippen molar-refractivity contribution in [2.75, 3.05) is 13.2 Å². The van der Waals surface area contributed by atoms with Crippen molar-refractivity contribution in [1.29, 1.82) is 0 Å². The molecule has 0 saturated heterocycles. The Balaban J connectivity index is 3.17. The van der Waals surface area contributed by atoms with Crippen molar-refractivity contribution in [3.05, 3.63) is 12.7 Å². The fourth-order valence-corrected chi connectivity index (χ4v) is 3.07. The van der Waals surface area contributed by atoms with Gasteiger partial charge in [-0.05, 0) is 6.42 Å². The molecule has 0 heterocycles. The topological polar surface area (TPSA) is 52.6 Å². The molecule has 0 saturated carbocycles. The van der Waals surface area contributed by atoms with Crippen molar-refractivity contribution in [1.82, 2.24) is 0 Å². The van der Waals surface area contributed by atoms with E-state index in [1.807, 2.05) is 0 Å². The van der Waals surface area contributed by atoms with E-state index in [2.05, 4.69) is 18.2 Å². The predicted octanol–water partition coefficient (Wildman–Crippen LogP) is 6.52. The lowest BCUT2D eigenvalue weighted by Gasteiger charge is -2.05. The number of rotatable bonds is 19. The highest BCUT2D eigenvalue weighted by molar-refractivity contribution is 6.29. The van der Waals surface area contributed by atoms with Crippen LogP contribution in [0.1, 0.15) is 110 Å². The molecule has 0 atom stereocenters. The van der Waals surface area contributed by atoms with Gasteiger partial charge in [0, 0.05) is 0 Å². The third-order valence-electron chi connectivity index (χ3n) is 4.73. The zero-order chi connectivity index (χ0) is 20.0. The van der Waals surface area contributed by atoms with E-state index < -0.39 is 11.9 Å². The summed E-state index contributed by atoms with van der Waals surface area (Å²) in [6, 6.07) is 0. The average molecular weight is 383 g/mol. The van der Waals surface area contributed by atoms with Crippen LogP contribution in [0.15, 0.2) is 12.7 Å². The van der Waals surface area contributed by atoms with Gasteiger partial charge in [0.05, 0.1) is 6.61 Å². The van der Waals surface area contributed by atoms with E-state index in [-0.39, 0.29) is 6.61 Å². The zero-order valence-corrected chi connectivity index (χ0v) is 17.6. The summed E-state index contributed by atoms with van der Waals surface area (Å²) in [5.41, 5.74) is 0. The second-order valence-electron chi connectivity index (χ2n) is 7.33. The molecular formula is C23H42O4. The van der Waals surface area contributed by atoms with Crippen LogP contribution in [0.4, 0.5) is 0 Å². The Bertz CT molecular complexity index is 365. The number of hydrogen-bond donors (Lipinski definition) is 0. The molecule has 0 aliphatic carbocycles. The number of ether oxygens (including phenoxy) is 2. The van der Waals surface area contributed by atoms with Gasteiger partial charge in [0.25, 0.3) is 0 Å². The van der Waals surface area contributed by atoms with Crippen molar-refractivity contribution in [2.24, 2.45) is 0 Å². The molecule has 0 aliphatic rings. The maximum Gasteiger partial charge on any atom is 0.417 e. The third kappa shape index (κ3) is 19.3. The maximum absolute atomic E-state index is 11.3. The van der Waals surface area contributed by atoms with Crippen molar-refractivity contribution >= 4 is 11.9 Å². The fraction of sp³-hybridized carbons (Fsp3) is 0.826. The number of unbranched alkanes of at least 4 members (excludes halogenated alkanes) is 15. The highest BCUT2D eigenvalue weighted by atomic mass is 16.6. The minimum absolute atomic E-state index is 0.0347. The zero-order valence-electron chi connectivity index (χ0n) is 17.6. The largest absolute Gasteiger partial charge is 0.457 e. The van der Waals surface area contributed by atoms with E-state index in [1.165, 1.54) is 89.5 Å². The molecule has 4 nitrogen and oxygen atoms in total. The molecule has 0 rings (SSSR count). The first-order valence-corrected chi connectivity index (χ1v) is 11.2. The van der Waals surface area contributed by atoms with Gasteiger partial charge < -0.3 is 9.47 Å². The lowest BCUT2D eigenvalue weighted by Crippen LogP contribution is -2.20. The predicted molar refractivity (Wildman–Crippen MR) is 112 cm³/mol. The Labute approximate surface area is 167 Å². The normalized spacial score (nSPS) is 10.6. The summed E-state index contributed by atoms with van der Waals surface area (Å²) < 4.78 is 9.48. The van der Waals surface area contributed by atoms with Gasteiger partial charge in [-0.3, -0.25) is 0 Å². The van der Waals surface area contributed by atoms with E-state index in [4.69, 9.17) is 4.74 Å². The molecule has 0 unspecified atom stereocenters. The Kier molecular flexibility index (Phi) is 20.0. The maximum atomic E-state index is 11.3. The Morgan fingerprint density at radius 3 is 1.41 bits per heavy atom. The molecule has 158 valence electrons. The van der Waals surface area contributed by atoms with Gasteiger partial charge in [0.15, 0.2) is 0 Å². The third-order valence-corrected chi connectivity index (χ3v) is 4.73. The summed E-state index contributed by atoms with van der Waals surface area (Å²) in [6.45, 7) is 6.01. The minimum Gasteiger partial charge on any atom is -0.457 e. The molecule has 0 N–H and O–H groups in total. The number of carbonyl (C=O) groups excluding carboxylic acids is 2. The average Bonchev–Trinajstić information content (AvgIpc) is 2.68. The van der Waals surface area contributed by atoms with Crippen molar-refractivity contribution < 1.29 is 19.1 Å². The van der Waals surface area contributed by atoms with Gasteiger partial charge in [0.2, 0.25) is 0 Å². The molecule has 4 heteroatoms. The summed E-state index contributed by atoms with van der Waals surface area (Å²) in [5.74, 6) is -1.84. The lowest BCUT2D eigenvalue weighted by molar-refractivity contribution is -0.167. The van der Waals surface area contributed by atoms with Crippen LogP contribution in [0.25, 0.3) is 0 Å². The Morgan fingerprint density at radius 2 is 1.00 bits per heavy atom. The van der Waals surface area contributed by atoms with Crippen LogP contribution in [-0.4, -0.2) is 25.2 Å². The quantitative estimate of drug-likeness (QED) is 0.110. The van der Waals surface area contributed by atoms with Gasteiger partial charge in [-0.2, -0.15) is 0 Å². The van der Waals surface area contributed by atoms with E-state index in [0.29, 0.717) is 6.61 Å². The van der Waals surface area contributed by atoms with Crippen molar-refractivity contribution in [2.45, 2.75) is 110 Å². The molecule has 27 heavy (non-hydrogen) atoms. The first kappa shape index (κ1) is 25.7. The monoisotopic (exact) mass is 382 g/mol. The standard InChI is InChI=1S/C23H42O4/c1-3-5-6-7-8-9-10-11-12-13-14-15-16-17-18-19-21-27-23(25)22(24)26-20-4-2/h4H,2-3,5-21H2,1H3.